The van der Waals surface area contributed by atoms with E-state index in [1.807, 2.05) is 13.0 Å². The van der Waals surface area contributed by atoms with Gasteiger partial charge in [-0.05, 0) is 42.0 Å². The molecule has 3 N–H and O–H groups in total. The van der Waals surface area contributed by atoms with Crippen molar-refractivity contribution in [1.29, 1.82) is 0 Å². The average molecular weight is 536 g/mol. The molecule has 10 heteroatoms. The molecule has 0 spiro atoms. The zero-order chi connectivity index (χ0) is 26.8. The van der Waals surface area contributed by atoms with Crippen LogP contribution in [0, 0.1) is 0 Å². The predicted octanol–water partition coefficient (Wildman–Crippen LogP) is 5.58. The number of carbonyl (C=O) groups excluding carboxylic acids is 1. The number of nitrogens with one attached hydrogen (secondary N) is 3. The normalized spacial score (nSPS) is 13.9. The molecule has 0 saturated heterocycles. The van der Waals surface area contributed by atoms with Crippen molar-refractivity contribution in [2.24, 2.45) is 0 Å². The number of anilines is 1. The first-order chi connectivity index (χ1) is 17.7. The van der Waals surface area contributed by atoms with Gasteiger partial charge in [-0.1, -0.05) is 43.3 Å². The summed E-state index contributed by atoms with van der Waals surface area (Å²) < 4.78 is 52.6. The van der Waals surface area contributed by atoms with Crippen LogP contribution in [0.15, 0.2) is 66.0 Å². The number of alkyl halides is 3. The van der Waals surface area contributed by atoms with Crippen molar-refractivity contribution >= 4 is 22.9 Å². The fraction of sp³-hybridized carbons (Fsp3) is 0.370. The van der Waals surface area contributed by atoms with E-state index in [0.29, 0.717) is 30.2 Å². The molecule has 1 aromatic heterocycles. The monoisotopic (exact) mass is 535 g/mol. The van der Waals surface area contributed by atoms with Gasteiger partial charge in [-0.15, -0.1) is 11.3 Å². The second kappa shape index (κ2) is 13.3. The van der Waals surface area contributed by atoms with Crippen LogP contribution in [0.4, 0.5) is 18.9 Å². The van der Waals surface area contributed by atoms with Crippen molar-refractivity contribution in [1.82, 2.24) is 10.6 Å². The Balaban J connectivity index is 1.75. The maximum atomic E-state index is 14.0. The Kier molecular flexibility index (Phi) is 10.2. The van der Waals surface area contributed by atoms with Crippen molar-refractivity contribution in [3.8, 4) is 11.5 Å². The Bertz CT molecular complexity index is 1110. The summed E-state index contributed by atoms with van der Waals surface area (Å²) in [5.74, 6) is 0.723. The van der Waals surface area contributed by atoms with Crippen molar-refractivity contribution < 1.29 is 27.4 Å². The minimum atomic E-state index is -4.56. The molecule has 6 nitrogen and oxygen atoms in total. The summed E-state index contributed by atoms with van der Waals surface area (Å²) in [7, 11) is 3.11. The molecule has 1 amide bonds. The van der Waals surface area contributed by atoms with Gasteiger partial charge in [0.15, 0.2) is 0 Å². The number of hydrogen-bond donors (Lipinski definition) is 3. The van der Waals surface area contributed by atoms with Crippen molar-refractivity contribution in [3.63, 3.8) is 0 Å². The summed E-state index contributed by atoms with van der Waals surface area (Å²) in [6, 6.07) is 14.0. The number of ether oxygens (including phenoxy) is 2. The molecule has 1 heterocycles. The van der Waals surface area contributed by atoms with Crippen molar-refractivity contribution in [3.05, 3.63) is 76.5 Å². The fourth-order valence-corrected chi connectivity index (χ4v) is 4.66. The van der Waals surface area contributed by atoms with E-state index < -0.39 is 24.2 Å². The van der Waals surface area contributed by atoms with E-state index in [-0.39, 0.29) is 17.3 Å². The minimum absolute atomic E-state index is 0.110. The van der Waals surface area contributed by atoms with Gasteiger partial charge in [-0.25, -0.2) is 0 Å². The second-order valence-electron chi connectivity index (χ2n) is 8.46. The molecule has 0 radical (unpaired) electrons. The Morgan fingerprint density at radius 2 is 1.78 bits per heavy atom. The molecular formula is C27H32F3N3O3S. The topological polar surface area (TPSA) is 71.6 Å². The second-order valence-corrected chi connectivity index (χ2v) is 9.44. The van der Waals surface area contributed by atoms with E-state index in [4.69, 9.17) is 9.47 Å². The van der Waals surface area contributed by atoms with Crippen LogP contribution in [0.3, 0.4) is 0 Å². The molecule has 0 unspecified atom stereocenters. The summed E-state index contributed by atoms with van der Waals surface area (Å²) in [5, 5.41) is 10.4. The predicted molar refractivity (Wildman–Crippen MR) is 140 cm³/mol. The lowest BCUT2D eigenvalue weighted by Crippen LogP contribution is -2.53. The molecule has 0 aliphatic heterocycles. The van der Waals surface area contributed by atoms with E-state index in [2.05, 4.69) is 16.0 Å². The molecule has 3 atom stereocenters. The van der Waals surface area contributed by atoms with Gasteiger partial charge in [0.1, 0.15) is 17.5 Å². The van der Waals surface area contributed by atoms with Crippen molar-refractivity contribution in [2.45, 2.75) is 44.1 Å². The molecule has 0 bridgehead atoms. The largest absolute Gasteiger partial charge is 0.497 e. The standard InChI is InChI=1S/C27H32F3N3O3S/c1-4-19(17-31-21-13-12-20(35-2)16-23(21)36-3)32-26(34)22(15-18-9-6-5-7-10-18)33-25(27(28,29)30)24-11-8-14-37-24/h5-14,16,19,22,25,31,33H,4,15,17H2,1-3H3,(H,32,34)/t19-,22-,25-/m0/s1. The van der Waals surface area contributed by atoms with Crippen LogP contribution >= 0.6 is 11.3 Å². The SMILES string of the molecule is CC[C@@H](CNc1ccc(OC)cc1OC)NC(=O)[C@H](Cc1ccccc1)N[C@@H](c1cccs1)C(F)(F)F. The Labute approximate surface area is 219 Å². The number of benzene rings is 2. The summed E-state index contributed by atoms with van der Waals surface area (Å²) >= 11 is 1.00. The van der Waals surface area contributed by atoms with E-state index in [1.165, 1.54) is 6.07 Å². The molecule has 3 rings (SSSR count). The van der Waals surface area contributed by atoms with Crippen LogP contribution in [0.2, 0.25) is 0 Å². The molecule has 0 saturated carbocycles. The van der Waals surface area contributed by atoms with Gasteiger partial charge in [0.2, 0.25) is 5.91 Å². The highest BCUT2D eigenvalue weighted by molar-refractivity contribution is 7.10. The number of halogens is 3. The number of carbonyl (C=O) groups is 1. The van der Waals surface area contributed by atoms with Crippen LogP contribution in [0.5, 0.6) is 11.5 Å². The van der Waals surface area contributed by atoms with Crippen molar-refractivity contribution in [2.75, 3.05) is 26.1 Å². The van der Waals surface area contributed by atoms with Crippen LogP contribution in [0.25, 0.3) is 0 Å². The highest BCUT2D eigenvalue weighted by Crippen LogP contribution is 2.35. The van der Waals surface area contributed by atoms with Crippen LogP contribution in [0.1, 0.15) is 29.8 Å². The minimum Gasteiger partial charge on any atom is -0.497 e. The first-order valence-corrected chi connectivity index (χ1v) is 12.8. The fourth-order valence-electron chi connectivity index (χ4n) is 3.85. The Morgan fingerprint density at radius 3 is 2.38 bits per heavy atom. The Hall–Kier alpha value is -3.24. The number of thiophene rings is 1. The van der Waals surface area contributed by atoms with Gasteiger partial charge in [0.25, 0.3) is 0 Å². The summed E-state index contributed by atoms with van der Waals surface area (Å²) in [4.78, 5) is 13.5. The van der Waals surface area contributed by atoms with Gasteiger partial charge in [-0.3, -0.25) is 10.1 Å². The maximum Gasteiger partial charge on any atom is 0.408 e. The van der Waals surface area contributed by atoms with Gasteiger partial charge in [-0.2, -0.15) is 13.2 Å². The zero-order valence-electron chi connectivity index (χ0n) is 21.0. The molecule has 200 valence electrons. The molecule has 0 fully saturated rings. The molecule has 2 aromatic carbocycles. The first-order valence-electron chi connectivity index (χ1n) is 11.9. The third-order valence-electron chi connectivity index (χ3n) is 5.91. The van der Waals surface area contributed by atoms with E-state index in [1.54, 1.807) is 68.1 Å². The number of rotatable bonds is 13. The number of methoxy groups -OCH3 is 2. The van der Waals surface area contributed by atoms with Crippen LogP contribution in [-0.2, 0) is 11.2 Å². The molecule has 37 heavy (non-hydrogen) atoms. The van der Waals surface area contributed by atoms with Crippen LogP contribution in [-0.4, -0.2) is 44.9 Å². The molecular weight excluding hydrogens is 503 g/mol. The average Bonchev–Trinajstić information content (AvgIpc) is 3.42. The zero-order valence-corrected chi connectivity index (χ0v) is 21.8. The lowest BCUT2D eigenvalue weighted by molar-refractivity contribution is -0.160. The third kappa shape index (κ3) is 8.13. The third-order valence-corrected chi connectivity index (χ3v) is 6.85. The van der Waals surface area contributed by atoms with Gasteiger partial charge >= 0.3 is 6.18 Å². The maximum absolute atomic E-state index is 14.0. The van der Waals surface area contributed by atoms with Crippen LogP contribution < -0.4 is 25.4 Å². The van der Waals surface area contributed by atoms with E-state index in [0.717, 1.165) is 16.9 Å². The summed E-state index contributed by atoms with van der Waals surface area (Å²) in [6.07, 6.45) is -3.87. The van der Waals surface area contributed by atoms with E-state index >= 15 is 0 Å². The lowest BCUT2D eigenvalue weighted by atomic mass is 10.0. The highest BCUT2D eigenvalue weighted by atomic mass is 32.1. The molecule has 0 aliphatic carbocycles. The summed E-state index contributed by atoms with van der Waals surface area (Å²) in [6.45, 7) is 2.26. The van der Waals surface area contributed by atoms with E-state index in [9.17, 15) is 18.0 Å². The smallest absolute Gasteiger partial charge is 0.408 e. The molecule has 0 aliphatic rings. The quantitative estimate of drug-likeness (QED) is 0.267. The van der Waals surface area contributed by atoms with Gasteiger partial charge in [0.05, 0.1) is 25.9 Å². The van der Waals surface area contributed by atoms with Gasteiger partial charge < -0.3 is 20.1 Å². The first kappa shape index (κ1) is 28.3. The lowest BCUT2D eigenvalue weighted by Gasteiger charge is -2.28. The van der Waals surface area contributed by atoms with Gasteiger partial charge in [0, 0.05) is 23.5 Å². The number of hydrogen-bond acceptors (Lipinski definition) is 6. The molecule has 3 aromatic rings. The Morgan fingerprint density at radius 1 is 1.03 bits per heavy atom. The number of amides is 1. The summed E-state index contributed by atoms with van der Waals surface area (Å²) in [5.41, 5.74) is 1.47. The highest BCUT2D eigenvalue weighted by Gasteiger charge is 2.43.